The van der Waals surface area contributed by atoms with Crippen LogP contribution < -0.4 is 5.32 Å². The minimum atomic E-state index is -0.244. The van der Waals surface area contributed by atoms with Gasteiger partial charge in [0.25, 0.3) is 0 Å². The summed E-state index contributed by atoms with van der Waals surface area (Å²) in [6, 6.07) is 15.2. The van der Waals surface area contributed by atoms with Crippen molar-refractivity contribution < 1.29 is 9.63 Å². The number of carbonyl (C=O) groups excluding carboxylic acids is 1. The van der Waals surface area contributed by atoms with Gasteiger partial charge in [0.1, 0.15) is 6.61 Å². The zero-order chi connectivity index (χ0) is 13.9. The van der Waals surface area contributed by atoms with Crippen LogP contribution >= 0.6 is 15.9 Å². The van der Waals surface area contributed by atoms with Gasteiger partial charge in [0.2, 0.25) is 0 Å². The summed E-state index contributed by atoms with van der Waals surface area (Å²) in [6.45, 7) is 0.795. The molecule has 2 amide bonds. The zero-order valence-electron chi connectivity index (χ0n) is 10.7. The fourth-order valence-corrected chi connectivity index (χ4v) is 2.55. The number of rotatable bonds is 3. The number of nitrogens with zero attached hydrogens (tertiary/aromatic N) is 1. The number of fused-ring (bicyclic) bond motifs is 1. The Bertz CT molecular complexity index is 631. The summed E-state index contributed by atoms with van der Waals surface area (Å²) in [5, 5.41) is 4.17. The van der Waals surface area contributed by atoms with Crippen molar-refractivity contribution in [2.75, 3.05) is 5.32 Å². The Morgan fingerprint density at radius 1 is 1.15 bits per heavy atom. The van der Waals surface area contributed by atoms with Crippen LogP contribution in [0.25, 0.3) is 0 Å². The lowest BCUT2D eigenvalue weighted by Crippen LogP contribution is -2.38. The van der Waals surface area contributed by atoms with E-state index in [4.69, 9.17) is 4.84 Å². The molecule has 2 aromatic carbocycles. The lowest BCUT2D eigenvalue weighted by atomic mass is 10.1. The van der Waals surface area contributed by atoms with Crippen LogP contribution in [0.1, 0.15) is 11.1 Å². The molecule has 0 bridgehead atoms. The molecule has 0 radical (unpaired) electrons. The van der Waals surface area contributed by atoms with Crippen molar-refractivity contribution in [3.05, 3.63) is 64.1 Å². The van der Waals surface area contributed by atoms with E-state index < -0.39 is 0 Å². The summed E-state index contributed by atoms with van der Waals surface area (Å²) in [6.07, 6.45) is 0. The molecule has 1 N–H and O–H groups in total. The third-order valence-electron chi connectivity index (χ3n) is 3.12. The normalized spacial score (nSPS) is 13.8. The molecule has 0 fully saturated rings. The van der Waals surface area contributed by atoms with Gasteiger partial charge in [-0.3, -0.25) is 4.84 Å². The first-order valence-corrected chi connectivity index (χ1v) is 7.06. The predicted octanol–water partition coefficient (Wildman–Crippen LogP) is 3.93. The second kappa shape index (κ2) is 5.64. The van der Waals surface area contributed by atoms with E-state index in [1.165, 1.54) is 5.06 Å². The Morgan fingerprint density at radius 3 is 2.75 bits per heavy atom. The Kier molecular flexibility index (Phi) is 3.71. The maximum atomic E-state index is 12.0. The van der Waals surface area contributed by atoms with E-state index >= 15 is 0 Å². The molecule has 0 saturated carbocycles. The summed E-state index contributed by atoms with van der Waals surface area (Å²) < 4.78 is 0.961. The van der Waals surface area contributed by atoms with Crippen molar-refractivity contribution in [3.63, 3.8) is 0 Å². The van der Waals surface area contributed by atoms with E-state index in [0.717, 1.165) is 21.3 Å². The molecular weight excluding hydrogens is 320 g/mol. The third-order valence-corrected chi connectivity index (χ3v) is 3.86. The quantitative estimate of drug-likeness (QED) is 0.925. The summed E-state index contributed by atoms with van der Waals surface area (Å²) in [5.74, 6) is 0. The van der Waals surface area contributed by atoms with E-state index in [0.29, 0.717) is 13.2 Å². The topological polar surface area (TPSA) is 41.6 Å². The number of hydroxylamine groups is 2. The first-order chi connectivity index (χ1) is 9.74. The number of nitrogens with one attached hydrogen (secondary N) is 1. The van der Waals surface area contributed by atoms with Gasteiger partial charge in [-0.2, -0.15) is 5.06 Å². The molecule has 4 nitrogen and oxygen atoms in total. The summed E-state index contributed by atoms with van der Waals surface area (Å²) >= 11 is 3.49. The average molecular weight is 333 g/mol. The van der Waals surface area contributed by atoms with Crippen LogP contribution in [0.4, 0.5) is 10.5 Å². The number of hydrogen-bond acceptors (Lipinski definition) is 2. The van der Waals surface area contributed by atoms with E-state index in [-0.39, 0.29) is 6.03 Å². The van der Waals surface area contributed by atoms with Crippen LogP contribution in [0.2, 0.25) is 0 Å². The van der Waals surface area contributed by atoms with Crippen molar-refractivity contribution in [1.82, 2.24) is 5.06 Å². The molecule has 0 aromatic heterocycles. The Balaban J connectivity index is 1.72. The van der Waals surface area contributed by atoms with Crippen LogP contribution in [0.5, 0.6) is 0 Å². The SMILES string of the molecule is O=C1Nc2cccc(Br)c2CN1OCc1ccccc1. The van der Waals surface area contributed by atoms with Gasteiger partial charge >= 0.3 is 6.03 Å². The second-order valence-electron chi connectivity index (χ2n) is 4.49. The van der Waals surface area contributed by atoms with Gasteiger partial charge < -0.3 is 5.32 Å². The van der Waals surface area contributed by atoms with E-state index in [2.05, 4.69) is 21.2 Å². The van der Waals surface area contributed by atoms with Crippen LogP contribution in [0.15, 0.2) is 53.0 Å². The molecular formula is C15H13BrN2O2. The standard InChI is InChI=1S/C15H13BrN2O2/c16-13-7-4-8-14-12(13)9-18(15(19)17-14)20-10-11-5-2-1-3-6-11/h1-8H,9-10H2,(H,17,19). The Hall–Kier alpha value is -1.85. The maximum Gasteiger partial charge on any atom is 0.346 e. The smallest absolute Gasteiger partial charge is 0.306 e. The van der Waals surface area contributed by atoms with Gasteiger partial charge in [0.15, 0.2) is 0 Å². The number of urea groups is 1. The highest BCUT2D eigenvalue weighted by Crippen LogP contribution is 2.30. The van der Waals surface area contributed by atoms with Gasteiger partial charge in [-0.05, 0) is 17.7 Å². The van der Waals surface area contributed by atoms with Crippen molar-refractivity contribution >= 4 is 27.6 Å². The van der Waals surface area contributed by atoms with Gasteiger partial charge in [-0.15, -0.1) is 0 Å². The molecule has 0 atom stereocenters. The van der Waals surface area contributed by atoms with Crippen molar-refractivity contribution in [1.29, 1.82) is 0 Å². The van der Waals surface area contributed by atoms with E-state index in [1.807, 2.05) is 48.5 Å². The van der Waals surface area contributed by atoms with Crippen LogP contribution in [0.3, 0.4) is 0 Å². The summed E-state index contributed by atoms with van der Waals surface area (Å²) in [4.78, 5) is 17.6. The van der Waals surface area contributed by atoms with E-state index in [1.54, 1.807) is 0 Å². The predicted molar refractivity (Wildman–Crippen MR) is 79.9 cm³/mol. The monoisotopic (exact) mass is 332 g/mol. The number of halogens is 1. The highest BCUT2D eigenvalue weighted by molar-refractivity contribution is 9.10. The minimum Gasteiger partial charge on any atom is -0.306 e. The Labute approximate surface area is 125 Å². The lowest BCUT2D eigenvalue weighted by molar-refractivity contribution is -0.132. The molecule has 20 heavy (non-hydrogen) atoms. The van der Waals surface area contributed by atoms with Gasteiger partial charge in [-0.25, -0.2) is 4.79 Å². The fourth-order valence-electron chi connectivity index (χ4n) is 2.06. The minimum absolute atomic E-state index is 0.244. The average Bonchev–Trinajstić information content (AvgIpc) is 2.47. The number of carbonyl (C=O) groups is 1. The highest BCUT2D eigenvalue weighted by Gasteiger charge is 2.24. The van der Waals surface area contributed by atoms with Crippen molar-refractivity contribution in [3.8, 4) is 0 Å². The molecule has 0 unspecified atom stereocenters. The number of hydrogen-bond donors (Lipinski definition) is 1. The lowest BCUT2D eigenvalue weighted by Gasteiger charge is -2.28. The van der Waals surface area contributed by atoms with Crippen molar-refractivity contribution in [2.45, 2.75) is 13.2 Å². The second-order valence-corrected chi connectivity index (χ2v) is 5.35. The number of benzene rings is 2. The highest BCUT2D eigenvalue weighted by atomic mass is 79.9. The molecule has 3 rings (SSSR count). The maximum absolute atomic E-state index is 12.0. The van der Waals surface area contributed by atoms with Crippen molar-refractivity contribution in [2.24, 2.45) is 0 Å². The summed E-state index contributed by atoms with van der Waals surface area (Å²) in [5.41, 5.74) is 2.86. The molecule has 1 aliphatic heterocycles. The number of amides is 2. The van der Waals surface area contributed by atoms with Gasteiger partial charge in [-0.1, -0.05) is 52.3 Å². The first-order valence-electron chi connectivity index (χ1n) is 6.27. The third kappa shape index (κ3) is 2.69. The Morgan fingerprint density at radius 2 is 1.95 bits per heavy atom. The molecule has 0 spiro atoms. The van der Waals surface area contributed by atoms with Crippen LogP contribution in [0, 0.1) is 0 Å². The first kappa shape index (κ1) is 13.1. The molecule has 1 heterocycles. The molecule has 2 aromatic rings. The molecule has 0 saturated heterocycles. The van der Waals surface area contributed by atoms with Crippen LogP contribution in [-0.4, -0.2) is 11.1 Å². The number of anilines is 1. The largest absolute Gasteiger partial charge is 0.346 e. The van der Waals surface area contributed by atoms with E-state index in [9.17, 15) is 4.79 Å². The fraction of sp³-hybridized carbons (Fsp3) is 0.133. The summed E-state index contributed by atoms with van der Waals surface area (Å²) in [7, 11) is 0. The zero-order valence-corrected chi connectivity index (χ0v) is 12.3. The van der Waals surface area contributed by atoms with Crippen LogP contribution in [-0.2, 0) is 18.0 Å². The van der Waals surface area contributed by atoms with Gasteiger partial charge in [0, 0.05) is 15.7 Å². The molecule has 5 heteroatoms. The molecule has 102 valence electrons. The van der Waals surface area contributed by atoms with Gasteiger partial charge in [0.05, 0.1) is 6.54 Å². The molecule has 0 aliphatic carbocycles. The molecule has 1 aliphatic rings.